The first-order chi connectivity index (χ1) is 11.9. The Morgan fingerprint density at radius 2 is 1.59 bits per heavy atom. The zero-order valence-electron chi connectivity index (χ0n) is 17.5. The summed E-state index contributed by atoms with van der Waals surface area (Å²) in [6.45, 7) is 12.5. The van der Waals surface area contributed by atoms with E-state index < -0.39 is 17.0 Å². The molecule has 0 aliphatic carbocycles. The molecule has 27 heavy (non-hydrogen) atoms. The van der Waals surface area contributed by atoms with Gasteiger partial charge in [-0.2, -0.15) is 5.06 Å². The van der Waals surface area contributed by atoms with E-state index in [2.05, 4.69) is 16.0 Å². The van der Waals surface area contributed by atoms with Gasteiger partial charge in [-0.05, 0) is 65.8 Å². The Kier molecular flexibility index (Phi) is 8.11. The van der Waals surface area contributed by atoms with Crippen molar-refractivity contribution in [3.63, 3.8) is 0 Å². The molecule has 2 saturated heterocycles. The van der Waals surface area contributed by atoms with Gasteiger partial charge in [-0.1, -0.05) is 13.8 Å². The number of hydrogen-bond donors (Lipinski definition) is 4. The number of nitrogens with one attached hydrogen (secondary N) is 3. The molecular formula is C19H37ClN4O3. The molecule has 2 aliphatic heterocycles. The van der Waals surface area contributed by atoms with Gasteiger partial charge in [0.25, 0.3) is 0 Å². The Morgan fingerprint density at radius 3 is 2.04 bits per heavy atom. The smallest absolute Gasteiger partial charge is 0.234 e. The fraction of sp³-hybridized carbons (Fsp3) is 0.895. The van der Waals surface area contributed by atoms with Crippen LogP contribution in [0, 0.1) is 11.8 Å². The monoisotopic (exact) mass is 404 g/mol. The second-order valence-electron chi connectivity index (χ2n) is 9.43. The minimum Gasteiger partial charge on any atom is -0.353 e. The van der Waals surface area contributed by atoms with Crippen molar-refractivity contribution in [2.24, 2.45) is 11.8 Å². The van der Waals surface area contributed by atoms with E-state index in [4.69, 9.17) is 0 Å². The number of carbonyl (C=O) groups is 2. The first-order valence-corrected chi connectivity index (χ1v) is 9.77. The van der Waals surface area contributed by atoms with Gasteiger partial charge in [-0.15, -0.1) is 12.4 Å². The van der Waals surface area contributed by atoms with Gasteiger partial charge in [0.05, 0.1) is 6.17 Å². The van der Waals surface area contributed by atoms with E-state index in [0.717, 1.165) is 19.4 Å². The SMILES string of the molecule is CC(C)[C@H](C(=O)NC1CC(C)(C)N(O)C(C)(C)C1)C(=O)N[C@H]1CCCN1.Cl. The number of carbonyl (C=O) groups excluding carboxylic acids is 2. The fourth-order valence-electron chi connectivity index (χ4n) is 4.46. The van der Waals surface area contributed by atoms with E-state index in [1.54, 1.807) is 0 Å². The Balaban J connectivity index is 0.00000364. The molecule has 0 saturated carbocycles. The van der Waals surface area contributed by atoms with Crippen molar-refractivity contribution in [2.75, 3.05) is 6.54 Å². The van der Waals surface area contributed by atoms with Crippen LogP contribution in [0.1, 0.15) is 67.2 Å². The van der Waals surface area contributed by atoms with Crippen LogP contribution >= 0.6 is 12.4 Å². The largest absolute Gasteiger partial charge is 0.353 e. The van der Waals surface area contributed by atoms with Crippen molar-refractivity contribution in [2.45, 2.75) is 90.5 Å². The van der Waals surface area contributed by atoms with Crippen molar-refractivity contribution in [1.82, 2.24) is 21.0 Å². The number of nitrogens with zero attached hydrogens (tertiary/aromatic N) is 1. The molecule has 2 heterocycles. The van der Waals surface area contributed by atoms with Gasteiger partial charge in [-0.3, -0.25) is 14.9 Å². The van der Waals surface area contributed by atoms with Gasteiger partial charge < -0.3 is 15.8 Å². The maximum absolute atomic E-state index is 12.9. The Hall–Kier alpha value is -0.890. The molecule has 4 N–H and O–H groups in total. The van der Waals surface area contributed by atoms with Crippen molar-refractivity contribution in [1.29, 1.82) is 0 Å². The van der Waals surface area contributed by atoms with Gasteiger partial charge >= 0.3 is 0 Å². The first kappa shape index (κ1) is 24.1. The van der Waals surface area contributed by atoms with Crippen LogP contribution in [0.3, 0.4) is 0 Å². The molecule has 0 aromatic heterocycles. The summed E-state index contributed by atoms with van der Waals surface area (Å²) >= 11 is 0. The number of amides is 2. The maximum atomic E-state index is 12.9. The third kappa shape index (κ3) is 5.79. The van der Waals surface area contributed by atoms with Crippen LogP contribution in [0.25, 0.3) is 0 Å². The van der Waals surface area contributed by atoms with Crippen LogP contribution in [-0.2, 0) is 9.59 Å². The van der Waals surface area contributed by atoms with Crippen LogP contribution < -0.4 is 16.0 Å². The van der Waals surface area contributed by atoms with Crippen LogP contribution in [0.5, 0.6) is 0 Å². The van der Waals surface area contributed by atoms with Gasteiger partial charge in [0.2, 0.25) is 11.8 Å². The average Bonchev–Trinajstić information content (AvgIpc) is 2.96. The van der Waals surface area contributed by atoms with Gasteiger partial charge in [0, 0.05) is 17.1 Å². The molecule has 2 rings (SSSR count). The van der Waals surface area contributed by atoms with E-state index in [9.17, 15) is 14.8 Å². The van der Waals surface area contributed by atoms with E-state index in [1.807, 2.05) is 41.5 Å². The lowest BCUT2D eigenvalue weighted by Gasteiger charge is -2.51. The molecule has 0 radical (unpaired) electrons. The van der Waals surface area contributed by atoms with Crippen LogP contribution in [0.2, 0.25) is 0 Å². The van der Waals surface area contributed by atoms with E-state index >= 15 is 0 Å². The third-order valence-electron chi connectivity index (χ3n) is 5.59. The fourth-order valence-corrected chi connectivity index (χ4v) is 4.46. The van der Waals surface area contributed by atoms with Gasteiger partial charge in [0.15, 0.2) is 0 Å². The molecule has 0 aromatic carbocycles. The van der Waals surface area contributed by atoms with Crippen LogP contribution in [-0.4, -0.2) is 51.9 Å². The molecule has 0 aromatic rings. The minimum atomic E-state index is -0.712. The molecule has 2 amide bonds. The minimum absolute atomic E-state index is 0. The summed E-state index contributed by atoms with van der Waals surface area (Å²) in [6.07, 6.45) is 3.17. The zero-order chi connectivity index (χ0) is 19.7. The molecular weight excluding hydrogens is 368 g/mol. The van der Waals surface area contributed by atoms with Gasteiger partial charge in [0.1, 0.15) is 5.92 Å². The summed E-state index contributed by atoms with van der Waals surface area (Å²) in [5.41, 5.74) is -0.883. The number of piperidine rings is 1. The lowest BCUT2D eigenvalue weighted by molar-refractivity contribution is -0.246. The summed E-state index contributed by atoms with van der Waals surface area (Å²) in [7, 11) is 0. The second-order valence-corrected chi connectivity index (χ2v) is 9.43. The summed E-state index contributed by atoms with van der Waals surface area (Å²) in [6, 6.07) is -0.0745. The molecule has 0 spiro atoms. The molecule has 7 nitrogen and oxygen atoms in total. The first-order valence-electron chi connectivity index (χ1n) is 9.77. The van der Waals surface area contributed by atoms with Gasteiger partial charge in [-0.25, -0.2) is 0 Å². The standard InChI is InChI=1S/C19H36N4O3.ClH/c1-12(2)15(17(25)22-14-8-7-9-20-14)16(24)21-13-10-18(3,4)23(26)19(5,6)11-13;/h12-15,20,26H,7-11H2,1-6H3,(H,21,24)(H,22,25);1H/t14-,15+;/m0./s1. The topological polar surface area (TPSA) is 93.7 Å². The predicted octanol–water partition coefficient (Wildman–Crippen LogP) is 2.03. The van der Waals surface area contributed by atoms with Crippen LogP contribution in [0.4, 0.5) is 0 Å². The molecule has 158 valence electrons. The molecule has 8 heteroatoms. The predicted molar refractivity (Wildman–Crippen MR) is 108 cm³/mol. The molecule has 2 fully saturated rings. The number of rotatable bonds is 5. The number of hydroxylamine groups is 2. The van der Waals surface area contributed by atoms with Crippen LogP contribution in [0.15, 0.2) is 0 Å². The lowest BCUT2D eigenvalue weighted by Crippen LogP contribution is -2.63. The summed E-state index contributed by atoms with van der Waals surface area (Å²) in [4.78, 5) is 25.6. The van der Waals surface area contributed by atoms with Crippen molar-refractivity contribution >= 4 is 24.2 Å². The molecule has 2 atom stereocenters. The summed E-state index contributed by atoms with van der Waals surface area (Å²) in [5.74, 6) is -1.24. The zero-order valence-corrected chi connectivity index (χ0v) is 18.3. The highest BCUT2D eigenvalue weighted by molar-refractivity contribution is 6.00. The molecule has 0 unspecified atom stereocenters. The highest BCUT2D eigenvalue weighted by Crippen LogP contribution is 2.36. The lowest BCUT2D eigenvalue weighted by atomic mass is 9.78. The highest BCUT2D eigenvalue weighted by Gasteiger charge is 2.46. The Bertz CT molecular complexity index is 515. The summed E-state index contributed by atoms with van der Waals surface area (Å²) < 4.78 is 0. The molecule has 2 aliphatic rings. The van der Waals surface area contributed by atoms with Crippen molar-refractivity contribution in [3.8, 4) is 0 Å². The normalized spacial score (nSPS) is 26.3. The highest BCUT2D eigenvalue weighted by atomic mass is 35.5. The summed E-state index contributed by atoms with van der Waals surface area (Å²) in [5, 5.41) is 21.1. The average molecular weight is 405 g/mol. The molecule has 0 bridgehead atoms. The third-order valence-corrected chi connectivity index (χ3v) is 5.59. The Labute approximate surface area is 169 Å². The van der Waals surface area contributed by atoms with Crippen molar-refractivity contribution < 1.29 is 14.8 Å². The van der Waals surface area contributed by atoms with E-state index in [0.29, 0.717) is 12.8 Å². The number of halogens is 1. The second kappa shape index (κ2) is 9.07. The Morgan fingerprint density at radius 1 is 1.07 bits per heavy atom. The quantitative estimate of drug-likeness (QED) is 0.526. The van der Waals surface area contributed by atoms with Crippen molar-refractivity contribution in [3.05, 3.63) is 0 Å². The number of hydrogen-bond acceptors (Lipinski definition) is 5. The maximum Gasteiger partial charge on any atom is 0.234 e. The van der Waals surface area contributed by atoms with E-state index in [-0.39, 0.29) is 42.3 Å². The van der Waals surface area contributed by atoms with E-state index in [1.165, 1.54) is 5.06 Å².